The van der Waals surface area contributed by atoms with E-state index in [-0.39, 0.29) is 6.29 Å². The summed E-state index contributed by atoms with van der Waals surface area (Å²) in [4.78, 5) is 0. The van der Waals surface area contributed by atoms with Crippen molar-refractivity contribution in [1.29, 1.82) is 0 Å². The Bertz CT molecular complexity index is 284. The molecule has 0 radical (unpaired) electrons. The van der Waals surface area contributed by atoms with Crippen molar-refractivity contribution in [2.24, 2.45) is 0 Å². The number of aromatic nitrogens is 2. The van der Waals surface area contributed by atoms with Gasteiger partial charge in [-0.2, -0.15) is 5.10 Å². The van der Waals surface area contributed by atoms with E-state index in [4.69, 9.17) is 9.47 Å². The van der Waals surface area contributed by atoms with Gasteiger partial charge in [0, 0.05) is 6.61 Å². The third kappa shape index (κ3) is 2.56. The molecular weight excluding hydrogens is 248 g/mol. The Morgan fingerprint density at radius 3 is 3.21 bits per heavy atom. The van der Waals surface area contributed by atoms with Crippen molar-refractivity contribution in [3.63, 3.8) is 0 Å². The van der Waals surface area contributed by atoms with Crippen molar-refractivity contribution in [3.05, 3.63) is 16.4 Å². The van der Waals surface area contributed by atoms with E-state index in [0.29, 0.717) is 6.61 Å². The summed E-state index contributed by atoms with van der Waals surface area (Å²) in [7, 11) is 0. The number of aromatic amines is 1. The van der Waals surface area contributed by atoms with E-state index in [9.17, 15) is 0 Å². The lowest BCUT2D eigenvalue weighted by atomic mass is 10.2. The molecule has 1 N–H and O–H groups in total. The monoisotopic (exact) mass is 260 g/mol. The predicted octanol–water partition coefficient (Wildman–Crippen LogP) is 2.22. The SMILES string of the molecule is Brc1cn[nH]c1COC1CCCCO1. The summed E-state index contributed by atoms with van der Waals surface area (Å²) < 4.78 is 12.0. The van der Waals surface area contributed by atoms with Gasteiger partial charge in [-0.3, -0.25) is 5.10 Å². The molecule has 14 heavy (non-hydrogen) atoms. The average Bonchev–Trinajstić information content (AvgIpc) is 2.63. The van der Waals surface area contributed by atoms with Crippen LogP contribution in [0.25, 0.3) is 0 Å². The maximum absolute atomic E-state index is 5.58. The molecule has 1 aliphatic heterocycles. The maximum atomic E-state index is 5.58. The Hall–Kier alpha value is -0.390. The lowest BCUT2D eigenvalue weighted by Crippen LogP contribution is -2.22. The molecule has 2 rings (SSSR count). The van der Waals surface area contributed by atoms with Crippen molar-refractivity contribution in [3.8, 4) is 0 Å². The molecule has 0 amide bonds. The highest BCUT2D eigenvalue weighted by atomic mass is 79.9. The molecule has 4 nitrogen and oxygen atoms in total. The van der Waals surface area contributed by atoms with Crippen molar-refractivity contribution in [1.82, 2.24) is 10.2 Å². The highest BCUT2D eigenvalue weighted by Crippen LogP contribution is 2.18. The van der Waals surface area contributed by atoms with E-state index >= 15 is 0 Å². The third-order valence-electron chi connectivity index (χ3n) is 2.22. The number of hydrogen-bond acceptors (Lipinski definition) is 3. The van der Waals surface area contributed by atoms with Crippen LogP contribution in [0.1, 0.15) is 25.0 Å². The van der Waals surface area contributed by atoms with Gasteiger partial charge in [0.25, 0.3) is 0 Å². The van der Waals surface area contributed by atoms with Crippen LogP contribution in [0.2, 0.25) is 0 Å². The summed E-state index contributed by atoms with van der Waals surface area (Å²) in [5.41, 5.74) is 0.958. The van der Waals surface area contributed by atoms with Crippen LogP contribution in [0.5, 0.6) is 0 Å². The quantitative estimate of drug-likeness (QED) is 0.907. The lowest BCUT2D eigenvalue weighted by Gasteiger charge is -2.22. The van der Waals surface area contributed by atoms with Crippen molar-refractivity contribution in [2.45, 2.75) is 32.2 Å². The number of rotatable bonds is 3. The largest absolute Gasteiger partial charge is 0.353 e. The van der Waals surface area contributed by atoms with E-state index in [1.165, 1.54) is 6.42 Å². The fourth-order valence-electron chi connectivity index (χ4n) is 1.42. The smallest absolute Gasteiger partial charge is 0.158 e. The highest BCUT2D eigenvalue weighted by molar-refractivity contribution is 9.10. The number of nitrogens with one attached hydrogen (secondary N) is 1. The Kier molecular flexibility index (Phi) is 3.55. The number of ether oxygens (including phenoxy) is 2. The average molecular weight is 261 g/mol. The van der Waals surface area contributed by atoms with Gasteiger partial charge < -0.3 is 9.47 Å². The molecule has 78 valence electrons. The molecule has 1 saturated heterocycles. The molecule has 1 aromatic rings. The van der Waals surface area contributed by atoms with E-state index in [2.05, 4.69) is 26.1 Å². The zero-order valence-electron chi connectivity index (χ0n) is 7.83. The lowest BCUT2D eigenvalue weighted by molar-refractivity contribution is -0.169. The summed E-state index contributed by atoms with van der Waals surface area (Å²) in [5, 5.41) is 6.76. The fourth-order valence-corrected chi connectivity index (χ4v) is 1.72. The normalized spacial score (nSPS) is 22.5. The van der Waals surface area contributed by atoms with Crippen LogP contribution in [0.3, 0.4) is 0 Å². The standard InChI is InChI=1S/C9H13BrN2O2/c10-7-5-11-12-8(7)6-14-9-3-1-2-4-13-9/h5,9H,1-4,6H2,(H,11,12). The Morgan fingerprint density at radius 2 is 2.57 bits per heavy atom. The van der Waals surface area contributed by atoms with Crippen LogP contribution in [0.15, 0.2) is 10.7 Å². The Morgan fingerprint density at radius 1 is 1.64 bits per heavy atom. The van der Waals surface area contributed by atoms with E-state index < -0.39 is 0 Å². The van der Waals surface area contributed by atoms with Gasteiger partial charge >= 0.3 is 0 Å². The minimum absolute atomic E-state index is 0.0426. The summed E-state index contributed by atoms with van der Waals surface area (Å²) in [6.07, 6.45) is 5.01. The third-order valence-corrected chi connectivity index (χ3v) is 2.90. The number of hydrogen-bond donors (Lipinski definition) is 1. The van der Waals surface area contributed by atoms with Crippen LogP contribution >= 0.6 is 15.9 Å². The van der Waals surface area contributed by atoms with E-state index in [1.807, 2.05) is 0 Å². The second-order valence-corrected chi connectivity index (χ2v) is 4.16. The second-order valence-electron chi connectivity index (χ2n) is 3.30. The Labute approximate surface area is 91.1 Å². The number of H-pyrrole nitrogens is 1. The zero-order chi connectivity index (χ0) is 9.80. The van der Waals surface area contributed by atoms with Crippen molar-refractivity contribution >= 4 is 15.9 Å². The molecule has 0 saturated carbocycles. The topological polar surface area (TPSA) is 47.1 Å². The first-order valence-electron chi connectivity index (χ1n) is 4.77. The molecule has 1 atom stereocenters. The van der Waals surface area contributed by atoms with Crippen LogP contribution in [0.4, 0.5) is 0 Å². The Balaban J connectivity index is 1.79. The highest BCUT2D eigenvalue weighted by Gasteiger charge is 2.14. The van der Waals surface area contributed by atoms with Crippen LogP contribution in [-0.2, 0) is 16.1 Å². The molecule has 5 heteroatoms. The van der Waals surface area contributed by atoms with Gasteiger partial charge in [0.2, 0.25) is 0 Å². The van der Waals surface area contributed by atoms with Crippen LogP contribution in [-0.4, -0.2) is 23.1 Å². The minimum atomic E-state index is -0.0426. The first-order chi connectivity index (χ1) is 6.86. The maximum Gasteiger partial charge on any atom is 0.158 e. The van der Waals surface area contributed by atoms with Gasteiger partial charge in [0.1, 0.15) is 0 Å². The predicted molar refractivity (Wildman–Crippen MR) is 54.7 cm³/mol. The first kappa shape index (κ1) is 10.1. The molecular formula is C9H13BrN2O2. The molecule has 0 bridgehead atoms. The molecule has 1 aliphatic rings. The van der Waals surface area contributed by atoms with Gasteiger partial charge in [-0.25, -0.2) is 0 Å². The van der Waals surface area contributed by atoms with Gasteiger partial charge in [0.15, 0.2) is 6.29 Å². The van der Waals surface area contributed by atoms with E-state index in [0.717, 1.165) is 29.6 Å². The van der Waals surface area contributed by atoms with Crippen molar-refractivity contribution < 1.29 is 9.47 Å². The fraction of sp³-hybridized carbons (Fsp3) is 0.667. The van der Waals surface area contributed by atoms with Gasteiger partial charge in [-0.15, -0.1) is 0 Å². The molecule has 1 unspecified atom stereocenters. The molecule has 2 heterocycles. The number of halogens is 1. The molecule has 0 aromatic carbocycles. The minimum Gasteiger partial charge on any atom is -0.353 e. The summed E-state index contributed by atoms with van der Waals surface area (Å²) in [6.45, 7) is 1.33. The summed E-state index contributed by atoms with van der Waals surface area (Å²) in [6, 6.07) is 0. The van der Waals surface area contributed by atoms with Crippen LogP contribution in [0, 0.1) is 0 Å². The summed E-state index contributed by atoms with van der Waals surface area (Å²) >= 11 is 3.38. The molecule has 0 spiro atoms. The summed E-state index contributed by atoms with van der Waals surface area (Å²) in [5.74, 6) is 0. The first-order valence-corrected chi connectivity index (χ1v) is 5.56. The molecule has 0 aliphatic carbocycles. The van der Waals surface area contributed by atoms with Crippen LogP contribution < -0.4 is 0 Å². The zero-order valence-corrected chi connectivity index (χ0v) is 9.42. The van der Waals surface area contributed by atoms with E-state index in [1.54, 1.807) is 6.20 Å². The number of nitrogens with zero attached hydrogens (tertiary/aromatic N) is 1. The van der Waals surface area contributed by atoms with Gasteiger partial charge in [0.05, 0.1) is 23.0 Å². The molecule has 1 aromatic heterocycles. The van der Waals surface area contributed by atoms with Gasteiger partial charge in [-0.05, 0) is 35.2 Å². The molecule has 1 fully saturated rings. The van der Waals surface area contributed by atoms with Gasteiger partial charge in [-0.1, -0.05) is 0 Å². The second kappa shape index (κ2) is 4.91. The van der Waals surface area contributed by atoms with Crippen molar-refractivity contribution in [2.75, 3.05) is 6.61 Å².